The van der Waals surface area contributed by atoms with Gasteiger partial charge in [-0.25, -0.2) is 0 Å². The Morgan fingerprint density at radius 3 is 2.43 bits per heavy atom. The van der Waals surface area contributed by atoms with Gasteiger partial charge in [0.25, 0.3) is 0 Å². The van der Waals surface area contributed by atoms with Crippen LogP contribution in [0.15, 0.2) is 18.2 Å². The first-order chi connectivity index (χ1) is 11.2. The standard InChI is InChI=1S/C19H27BrO3/c1-21-16-9-8-14(10-19(16)22-2)18-12-15(20)11-17(23-18)13-6-4-3-5-7-13/h8-10,13,15,17-18H,3-7,11-12H2,1-2H3/t15-,17-,18+/m0/s1. The molecule has 1 heterocycles. The summed E-state index contributed by atoms with van der Waals surface area (Å²) >= 11 is 3.86. The second-order valence-corrected chi connectivity index (χ2v) is 8.04. The van der Waals surface area contributed by atoms with Crippen LogP contribution >= 0.6 is 15.9 Å². The number of alkyl halides is 1. The molecule has 1 saturated heterocycles. The van der Waals surface area contributed by atoms with Crippen LogP contribution < -0.4 is 9.47 Å². The minimum Gasteiger partial charge on any atom is -0.493 e. The summed E-state index contributed by atoms with van der Waals surface area (Å²) in [6.07, 6.45) is 9.42. The lowest BCUT2D eigenvalue weighted by molar-refractivity contribution is -0.0828. The summed E-state index contributed by atoms with van der Waals surface area (Å²) in [5.74, 6) is 2.28. The zero-order valence-corrected chi connectivity index (χ0v) is 15.7. The molecule has 0 amide bonds. The molecule has 3 rings (SSSR count). The first-order valence-corrected chi connectivity index (χ1v) is 9.64. The number of hydrogen-bond acceptors (Lipinski definition) is 3. The molecule has 1 aromatic rings. The summed E-state index contributed by atoms with van der Waals surface area (Å²) in [6, 6.07) is 6.15. The first kappa shape index (κ1) is 17.1. The van der Waals surface area contributed by atoms with Crippen LogP contribution in [0.3, 0.4) is 0 Å². The lowest BCUT2D eigenvalue weighted by atomic mass is 9.82. The maximum atomic E-state index is 6.53. The second-order valence-electron chi connectivity index (χ2n) is 6.74. The minimum atomic E-state index is 0.139. The van der Waals surface area contributed by atoms with Crippen molar-refractivity contribution in [1.82, 2.24) is 0 Å². The molecule has 3 atom stereocenters. The number of methoxy groups -OCH3 is 2. The van der Waals surface area contributed by atoms with Gasteiger partial charge in [0.15, 0.2) is 11.5 Å². The van der Waals surface area contributed by atoms with Crippen LogP contribution in [0.25, 0.3) is 0 Å². The van der Waals surface area contributed by atoms with E-state index in [0.29, 0.717) is 10.9 Å². The van der Waals surface area contributed by atoms with Crippen LogP contribution in [0.5, 0.6) is 11.5 Å². The van der Waals surface area contributed by atoms with E-state index in [1.165, 1.54) is 37.7 Å². The third-order valence-corrected chi connectivity index (χ3v) is 6.00. The van der Waals surface area contributed by atoms with Gasteiger partial charge in [-0.05, 0) is 49.3 Å². The molecular formula is C19H27BrO3. The maximum Gasteiger partial charge on any atom is 0.161 e. The van der Waals surface area contributed by atoms with Gasteiger partial charge < -0.3 is 14.2 Å². The van der Waals surface area contributed by atoms with Gasteiger partial charge >= 0.3 is 0 Å². The van der Waals surface area contributed by atoms with Crippen molar-refractivity contribution in [3.63, 3.8) is 0 Å². The molecule has 0 aromatic heterocycles. The average molecular weight is 383 g/mol. The molecule has 0 bridgehead atoms. The predicted molar refractivity (Wildman–Crippen MR) is 95.7 cm³/mol. The van der Waals surface area contributed by atoms with Crippen molar-refractivity contribution in [2.45, 2.75) is 62.0 Å². The van der Waals surface area contributed by atoms with Crippen molar-refractivity contribution >= 4 is 15.9 Å². The SMILES string of the molecule is COc1ccc([C@H]2C[C@@H](Br)C[C@@H](C3CCCCC3)O2)cc1OC. The Morgan fingerprint density at radius 2 is 1.74 bits per heavy atom. The van der Waals surface area contributed by atoms with Crippen molar-refractivity contribution in [2.75, 3.05) is 14.2 Å². The second kappa shape index (κ2) is 7.89. The van der Waals surface area contributed by atoms with Crippen LogP contribution in [-0.4, -0.2) is 25.2 Å². The number of halogens is 1. The molecule has 2 aliphatic rings. The molecule has 2 fully saturated rings. The Kier molecular flexibility index (Phi) is 5.86. The lowest BCUT2D eigenvalue weighted by Crippen LogP contribution is -2.35. The fourth-order valence-electron chi connectivity index (χ4n) is 3.98. The molecule has 23 heavy (non-hydrogen) atoms. The summed E-state index contributed by atoms with van der Waals surface area (Å²) in [4.78, 5) is 0.529. The average Bonchev–Trinajstić information content (AvgIpc) is 2.61. The van der Waals surface area contributed by atoms with Crippen molar-refractivity contribution < 1.29 is 14.2 Å². The van der Waals surface area contributed by atoms with Crippen LogP contribution in [0, 0.1) is 5.92 Å². The van der Waals surface area contributed by atoms with Crippen LogP contribution in [0.4, 0.5) is 0 Å². The summed E-state index contributed by atoms with van der Waals surface area (Å²) in [5, 5.41) is 0. The predicted octanol–water partition coefficient (Wildman–Crippen LogP) is 5.27. The summed E-state index contributed by atoms with van der Waals surface area (Å²) in [6.45, 7) is 0. The van der Waals surface area contributed by atoms with E-state index < -0.39 is 0 Å². The van der Waals surface area contributed by atoms with Crippen molar-refractivity contribution in [3.05, 3.63) is 23.8 Å². The van der Waals surface area contributed by atoms with E-state index in [1.807, 2.05) is 6.07 Å². The number of hydrogen-bond donors (Lipinski definition) is 0. The van der Waals surface area contributed by atoms with Crippen molar-refractivity contribution in [3.8, 4) is 11.5 Å². The third kappa shape index (κ3) is 4.03. The fraction of sp³-hybridized carbons (Fsp3) is 0.684. The van der Waals surface area contributed by atoms with Crippen LogP contribution in [-0.2, 0) is 4.74 Å². The molecule has 1 saturated carbocycles. The molecule has 0 radical (unpaired) electrons. The first-order valence-electron chi connectivity index (χ1n) is 8.72. The van der Waals surface area contributed by atoms with E-state index in [9.17, 15) is 0 Å². The number of benzene rings is 1. The maximum absolute atomic E-state index is 6.53. The van der Waals surface area contributed by atoms with E-state index in [4.69, 9.17) is 14.2 Å². The van der Waals surface area contributed by atoms with Gasteiger partial charge in [-0.3, -0.25) is 0 Å². The Labute approximate surface area is 147 Å². The molecule has 1 aliphatic carbocycles. The smallest absolute Gasteiger partial charge is 0.161 e. The summed E-state index contributed by atoms with van der Waals surface area (Å²) < 4.78 is 17.3. The normalized spacial score (nSPS) is 29.3. The fourth-order valence-corrected chi connectivity index (χ4v) is 4.69. The Balaban J connectivity index is 1.76. The molecule has 0 spiro atoms. The molecule has 1 aromatic carbocycles. The Morgan fingerprint density at radius 1 is 1.00 bits per heavy atom. The highest BCUT2D eigenvalue weighted by Crippen LogP contribution is 2.42. The molecule has 0 N–H and O–H groups in total. The van der Waals surface area contributed by atoms with E-state index >= 15 is 0 Å². The van der Waals surface area contributed by atoms with Gasteiger partial charge in [-0.2, -0.15) is 0 Å². The highest BCUT2D eigenvalue weighted by atomic mass is 79.9. The monoisotopic (exact) mass is 382 g/mol. The van der Waals surface area contributed by atoms with Crippen molar-refractivity contribution in [2.24, 2.45) is 5.92 Å². The van der Waals surface area contributed by atoms with E-state index in [0.717, 1.165) is 30.3 Å². The molecule has 128 valence electrons. The molecule has 0 unspecified atom stereocenters. The summed E-state index contributed by atoms with van der Waals surface area (Å²) in [5.41, 5.74) is 1.19. The van der Waals surface area contributed by atoms with Gasteiger partial charge in [-0.15, -0.1) is 0 Å². The van der Waals surface area contributed by atoms with Gasteiger partial charge in [0.1, 0.15) is 0 Å². The van der Waals surface area contributed by atoms with Crippen LogP contribution in [0.1, 0.15) is 56.6 Å². The van der Waals surface area contributed by atoms with Gasteiger partial charge in [0.2, 0.25) is 0 Å². The third-order valence-electron chi connectivity index (χ3n) is 5.25. The quantitative estimate of drug-likeness (QED) is 0.663. The highest BCUT2D eigenvalue weighted by molar-refractivity contribution is 9.09. The largest absolute Gasteiger partial charge is 0.493 e. The molecule has 4 heteroatoms. The van der Waals surface area contributed by atoms with Gasteiger partial charge in [0, 0.05) is 4.83 Å². The Bertz CT molecular complexity index is 513. The summed E-state index contributed by atoms with van der Waals surface area (Å²) in [7, 11) is 3.35. The molecule has 3 nitrogen and oxygen atoms in total. The van der Waals surface area contributed by atoms with E-state index in [-0.39, 0.29) is 6.10 Å². The molecular weight excluding hydrogens is 356 g/mol. The number of rotatable bonds is 4. The molecule has 1 aliphatic heterocycles. The lowest BCUT2D eigenvalue weighted by Gasteiger charge is -2.39. The highest BCUT2D eigenvalue weighted by Gasteiger charge is 2.34. The number of ether oxygens (including phenoxy) is 3. The van der Waals surface area contributed by atoms with E-state index in [1.54, 1.807) is 14.2 Å². The van der Waals surface area contributed by atoms with E-state index in [2.05, 4.69) is 28.1 Å². The van der Waals surface area contributed by atoms with Gasteiger partial charge in [-0.1, -0.05) is 41.3 Å². The van der Waals surface area contributed by atoms with Crippen molar-refractivity contribution in [1.29, 1.82) is 0 Å². The van der Waals surface area contributed by atoms with Crippen LogP contribution in [0.2, 0.25) is 0 Å². The zero-order valence-electron chi connectivity index (χ0n) is 14.1. The Hall–Kier alpha value is -0.740. The zero-order chi connectivity index (χ0) is 16.2. The topological polar surface area (TPSA) is 27.7 Å². The van der Waals surface area contributed by atoms with Gasteiger partial charge in [0.05, 0.1) is 26.4 Å². The minimum absolute atomic E-state index is 0.139.